The number of nitrogens with one attached hydrogen (secondary N) is 3. The van der Waals surface area contributed by atoms with Gasteiger partial charge in [0.15, 0.2) is 0 Å². The topological polar surface area (TPSA) is 108 Å². The minimum atomic E-state index is -4.79. The summed E-state index contributed by atoms with van der Waals surface area (Å²) in [6.45, 7) is 2.63. The van der Waals surface area contributed by atoms with Crippen molar-refractivity contribution in [1.29, 1.82) is 5.26 Å². The molecule has 3 N–H and O–H groups in total. The van der Waals surface area contributed by atoms with Crippen LogP contribution in [-0.4, -0.2) is 34.4 Å². The fourth-order valence-corrected chi connectivity index (χ4v) is 7.74. The Morgan fingerprint density at radius 2 is 1.81 bits per heavy atom. The highest BCUT2D eigenvalue weighted by molar-refractivity contribution is 5.53. The number of benzene rings is 1. The molecule has 2 heterocycles. The summed E-state index contributed by atoms with van der Waals surface area (Å²) in [6.07, 6.45) is 6.48. The van der Waals surface area contributed by atoms with E-state index in [1.807, 2.05) is 12.3 Å². The molecule has 0 amide bonds. The summed E-state index contributed by atoms with van der Waals surface area (Å²) in [5.41, 5.74) is 2.03. The number of alkyl halides is 3. The van der Waals surface area contributed by atoms with Crippen molar-refractivity contribution in [3.63, 3.8) is 0 Å². The van der Waals surface area contributed by atoms with E-state index in [4.69, 9.17) is 0 Å². The van der Waals surface area contributed by atoms with Crippen molar-refractivity contribution in [2.24, 2.45) is 29.1 Å². The highest BCUT2D eigenvalue weighted by Crippen LogP contribution is 2.62. The first-order valence-corrected chi connectivity index (χ1v) is 14.5. The zero-order chi connectivity index (χ0) is 29.2. The molecule has 0 aliphatic heterocycles. The van der Waals surface area contributed by atoms with Crippen LogP contribution >= 0.6 is 0 Å². The molecule has 4 saturated carbocycles. The Balaban J connectivity index is 1.08. The molecule has 0 radical (unpaired) electrons. The molecule has 11 heteroatoms. The van der Waals surface area contributed by atoms with Gasteiger partial charge in [-0.05, 0) is 85.4 Å². The van der Waals surface area contributed by atoms with Crippen molar-refractivity contribution in [3.05, 3.63) is 71.7 Å². The number of hydrogen-bond acceptors (Lipinski definition) is 8. The van der Waals surface area contributed by atoms with Gasteiger partial charge in [-0.25, -0.2) is 4.98 Å². The molecule has 0 spiro atoms. The summed E-state index contributed by atoms with van der Waals surface area (Å²) in [6, 6.07) is 12.2. The Hall–Kier alpha value is -3.91. The smallest absolute Gasteiger partial charge is 0.405 e. The molecule has 4 aliphatic rings. The maximum Gasteiger partial charge on any atom is 0.573 e. The fraction of sp³-hybridized carbons (Fsp3) is 0.484. The molecule has 7 rings (SSSR count). The second-order valence-corrected chi connectivity index (χ2v) is 12.1. The van der Waals surface area contributed by atoms with Gasteiger partial charge in [-0.15, -0.1) is 13.2 Å². The van der Waals surface area contributed by atoms with E-state index in [9.17, 15) is 18.4 Å². The zero-order valence-electron chi connectivity index (χ0n) is 23.2. The highest BCUT2D eigenvalue weighted by atomic mass is 19.4. The van der Waals surface area contributed by atoms with Crippen LogP contribution in [0.2, 0.25) is 0 Å². The summed E-state index contributed by atoms with van der Waals surface area (Å²) < 4.78 is 42.6. The molecule has 5 atom stereocenters. The van der Waals surface area contributed by atoms with Crippen LogP contribution in [0.4, 0.5) is 24.9 Å². The van der Waals surface area contributed by atoms with Crippen molar-refractivity contribution >= 4 is 11.8 Å². The Morgan fingerprint density at radius 1 is 1.00 bits per heavy atom. The number of pyridine rings is 1. The highest BCUT2D eigenvalue weighted by Gasteiger charge is 2.54. The average Bonchev–Trinajstić information content (AvgIpc) is 2.96. The number of rotatable bonds is 11. The molecule has 4 fully saturated rings. The van der Waals surface area contributed by atoms with Gasteiger partial charge < -0.3 is 20.7 Å². The number of nitrogens with zero attached hydrogens (tertiary/aromatic N) is 4. The molecule has 1 aromatic carbocycles. The summed E-state index contributed by atoms with van der Waals surface area (Å²) in [7, 11) is 0. The van der Waals surface area contributed by atoms with Crippen molar-refractivity contribution in [1.82, 2.24) is 20.3 Å². The first-order valence-electron chi connectivity index (χ1n) is 14.5. The van der Waals surface area contributed by atoms with E-state index in [0.717, 1.165) is 25.6 Å². The lowest BCUT2D eigenvalue weighted by Crippen LogP contribution is -2.55. The first-order chi connectivity index (χ1) is 20.3. The molecule has 3 unspecified atom stereocenters. The number of ether oxygens (including phenoxy) is 1. The van der Waals surface area contributed by atoms with Gasteiger partial charge in [0.2, 0.25) is 5.95 Å². The third kappa shape index (κ3) is 6.44. The maximum atomic E-state index is 12.8. The fourth-order valence-electron chi connectivity index (χ4n) is 7.74. The predicted octanol–water partition coefficient (Wildman–Crippen LogP) is 5.90. The lowest BCUT2D eigenvalue weighted by Gasteiger charge is -2.60. The number of hydrogen-bond donors (Lipinski definition) is 3. The SMILES string of the molecule is N#Cc1cnc(NCc2ccccc2OC(F)(F)F)nc1NCC12CC3C[C@H](C1)C(CNCc1cccnc1)[C@@H](C3)C2. The second-order valence-electron chi connectivity index (χ2n) is 12.1. The van der Waals surface area contributed by atoms with Gasteiger partial charge in [0, 0.05) is 37.6 Å². The third-order valence-corrected chi connectivity index (χ3v) is 9.20. The molecule has 42 heavy (non-hydrogen) atoms. The van der Waals surface area contributed by atoms with Crippen molar-refractivity contribution in [2.75, 3.05) is 23.7 Å². The van der Waals surface area contributed by atoms with Crippen LogP contribution in [0, 0.1) is 40.4 Å². The van der Waals surface area contributed by atoms with Crippen LogP contribution < -0.4 is 20.7 Å². The largest absolute Gasteiger partial charge is 0.573 e. The standard InChI is InChI=1S/C31H34F3N7O/c32-31(33,34)42-27-6-2-1-5-22(27)16-38-29-39-17-25(13-35)28(41-29)40-19-30-10-21-8-23(11-30)26(24(9-21)12-30)18-37-15-20-4-3-7-36-14-20/h1-7,14,17,21,23-24,26,37H,8-12,15-16,18-19H2,(H2,38,39,40,41)/t21?,23-,24+,26?,30?. The molecular formula is C31H34F3N7O. The Bertz CT molecular complexity index is 1410. The summed E-state index contributed by atoms with van der Waals surface area (Å²) in [5, 5.41) is 19.8. The number of anilines is 2. The van der Waals surface area contributed by atoms with Gasteiger partial charge >= 0.3 is 6.36 Å². The van der Waals surface area contributed by atoms with Crippen molar-refractivity contribution in [2.45, 2.75) is 51.6 Å². The Labute approximate surface area is 243 Å². The molecule has 2 aromatic heterocycles. The van der Waals surface area contributed by atoms with Crippen LogP contribution in [0.5, 0.6) is 5.75 Å². The van der Waals surface area contributed by atoms with E-state index < -0.39 is 6.36 Å². The van der Waals surface area contributed by atoms with Crippen LogP contribution in [0.15, 0.2) is 55.0 Å². The van der Waals surface area contributed by atoms with Crippen LogP contribution in [0.1, 0.15) is 48.8 Å². The number of nitriles is 1. The van der Waals surface area contributed by atoms with Crippen molar-refractivity contribution in [3.8, 4) is 11.8 Å². The van der Waals surface area contributed by atoms with E-state index >= 15 is 0 Å². The predicted molar refractivity (Wildman–Crippen MR) is 151 cm³/mol. The number of aromatic nitrogens is 3. The molecule has 4 aliphatic carbocycles. The van der Waals surface area contributed by atoms with Crippen molar-refractivity contribution < 1.29 is 17.9 Å². The quantitative estimate of drug-likeness (QED) is 0.259. The molecule has 4 bridgehead atoms. The van der Waals surface area contributed by atoms with Gasteiger partial charge in [0.1, 0.15) is 23.2 Å². The van der Waals surface area contributed by atoms with Gasteiger partial charge in [-0.1, -0.05) is 24.3 Å². The molecule has 3 aromatic rings. The first kappa shape index (κ1) is 28.2. The Morgan fingerprint density at radius 3 is 2.55 bits per heavy atom. The van der Waals surface area contributed by atoms with Gasteiger partial charge in [0.05, 0.1) is 6.20 Å². The minimum absolute atomic E-state index is 0.0305. The number of halogens is 3. The zero-order valence-corrected chi connectivity index (χ0v) is 23.2. The lowest BCUT2D eigenvalue weighted by molar-refractivity contribution is -0.274. The van der Waals surface area contributed by atoms with E-state index in [1.54, 1.807) is 18.3 Å². The third-order valence-electron chi connectivity index (χ3n) is 9.20. The maximum absolute atomic E-state index is 12.8. The van der Waals surface area contributed by atoms with Crippen LogP contribution in [0.3, 0.4) is 0 Å². The summed E-state index contributed by atoms with van der Waals surface area (Å²) >= 11 is 0. The normalized spacial score (nSPS) is 26.0. The summed E-state index contributed by atoms with van der Waals surface area (Å²) in [4.78, 5) is 12.9. The van der Waals surface area contributed by atoms with Gasteiger partial charge in [-0.2, -0.15) is 10.2 Å². The van der Waals surface area contributed by atoms with Gasteiger partial charge in [-0.3, -0.25) is 4.98 Å². The van der Waals surface area contributed by atoms with Gasteiger partial charge in [0.25, 0.3) is 0 Å². The molecule has 0 saturated heterocycles. The summed E-state index contributed by atoms with van der Waals surface area (Å²) in [5.74, 6) is 3.20. The van der Waals surface area contributed by atoms with E-state index in [-0.39, 0.29) is 23.7 Å². The molecule has 220 valence electrons. The van der Waals surface area contributed by atoms with E-state index in [2.05, 4.69) is 47.8 Å². The second kappa shape index (κ2) is 11.8. The van der Waals surface area contributed by atoms with Crippen LogP contribution in [-0.2, 0) is 13.1 Å². The molecular weight excluding hydrogens is 543 g/mol. The average molecular weight is 578 g/mol. The van der Waals surface area contributed by atoms with E-state index in [0.29, 0.717) is 34.7 Å². The minimum Gasteiger partial charge on any atom is -0.405 e. The lowest BCUT2D eigenvalue weighted by atomic mass is 9.46. The Kier molecular flexibility index (Phi) is 7.90. The molecule has 8 nitrogen and oxygen atoms in total. The van der Waals surface area contributed by atoms with E-state index in [1.165, 1.54) is 56.0 Å². The number of para-hydroxylation sites is 1. The monoisotopic (exact) mass is 577 g/mol. The van der Waals surface area contributed by atoms with Crippen LogP contribution in [0.25, 0.3) is 0 Å².